The van der Waals surface area contributed by atoms with Gasteiger partial charge in [0.15, 0.2) is 0 Å². The zero-order valence-corrected chi connectivity index (χ0v) is 12.4. The van der Waals surface area contributed by atoms with Crippen molar-refractivity contribution in [1.82, 2.24) is 5.32 Å². The quantitative estimate of drug-likeness (QED) is 0.821. The number of hydrogen-bond donors (Lipinski definition) is 2. The molecule has 2 atom stereocenters. The second kappa shape index (κ2) is 6.90. The summed E-state index contributed by atoms with van der Waals surface area (Å²) < 4.78 is 0.731. The number of thiophene rings is 1. The maximum atomic E-state index is 12.1. The average molecular weight is 314 g/mol. The number of carbonyl (C=O) groups is 2. The fraction of sp³-hybridized carbons (Fsp3) is 0.429. The molecule has 1 heterocycles. The highest BCUT2D eigenvalue weighted by Crippen LogP contribution is 2.26. The Morgan fingerprint density at radius 2 is 2.00 bits per heavy atom. The van der Waals surface area contributed by atoms with E-state index in [0.29, 0.717) is 25.8 Å². The van der Waals surface area contributed by atoms with Gasteiger partial charge in [-0.05, 0) is 31.4 Å². The molecule has 0 saturated carbocycles. The third-order valence-corrected chi connectivity index (χ3v) is 4.68. The van der Waals surface area contributed by atoms with Crippen LogP contribution in [0.25, 0.3) is 0 Å². The minimum absolute atomic E-state index is 0.176. The van der Waals surface area contributed by atoms with Gasteiger partial charge in [-0.3, -0.25) is 9.59 Å². The van der Waals surface area contributed by atoms with Gasteiger partial charge in [0.25, 0.3) is 0 Å². The maximum Gasteiger partial charge on any atom is 0.307 e. The van der Waals surface area contributed by atoms with Crippen LogP contribution in [0.4, 0.5) is 0 Å². The number of carbonyl (C=O) groups excluding carboxylic acids is 1. The molecule has 1 aliphatic rings. The summed E-state index contributed by atoms with van der Waals surface area (Å²) in [6.45, 7) is 0.502. The van der Waals surface area contributed by atoms with Crippen molar-refractivity contribution in [2.45, 2.75) is 19.3 Å². The van der Waals surface area contributed by atoms with Crippen LogP contribution in [0.5, 0.6) is 0 Å². The highest BCUT2D eigenvalue weighted by atomic mass is 35.5. The number of halogens is 1. The molecule has 0 radical (unpaired) electrons. The smallest absolute Gasteiger partial charge is 0.307 e. The Bertz CT molecular complexity index is 526. The first-order chi connectivity index (χ1) is 9.58. The van der Waals surface area contributed by atoms with E-state index in [4.69, 9.17) is 16.7 Å². The summed E-state index contributed by atoms with van der Waals surface area (Å²) in [6, 6.07) is 3.76. The predicted octanol–water partition coefficient (Wildman–Crippen LogP) is 2.73. The molecular weight excluding hydrogens is 298 g/mol. The van der Waals surface area contributed by atoms with E-state index in [9.17, 15) is 9.59 Å². The van der Waals surface area contributed by atoms with Crippen LogP contribution in [0.15, 0.2) is 24.3 Å². The molecule has 0 bridgehead atoms. The second-order valence-corrected chi connectivity index (χ2v) is 6.54. The van der Waals surface area contributed by atoms with Crippen molar-refractivity contribution < 1.29 is 14.7 Å². The largest absolute Gasteiger partial charge is 0.481 e. The normalized spacial score (nSPS) is 21.6. The SMILES string of the molecule is O=C(O)C1CC=CCC1C(=O)NCCc1ccc(Cl)s1. The molecule has 0 saturated heterocycles. The summed E-state index contributed by atoms with van der Waals surface area (Å²) in [7, 11) is 0. The van der Waals surface area contributed by atoms with E-state index < -0.39 is 17.8 Å². The van der Waals surface area contributed by atoms with Gasteiger partial charge in [-0.2, -0.15) is 0 Å². The number of nitrogens with one attached hydrogen (secondary N) is 1. The number of amides is 1. The van der Waals surface area contributed by atoms with Crippen molar-refractivity contribution in [2.24, 2.45) is 11.8 Å². The van der Waals surface area contributed by atoms with Crippen LogP contribution >= 0.6 is 22.9 Å². The van der Waals surface area contributed by atoms with Gasteiger partial charge in [-0.1, -0.05) is 23.8 Å². The summed E-state index contributed by atoms with van der Waals surface area (Å²) in [5, 5.41) is 12.0. The Balaban J connectivity index is 1.84. The average Bonchev–Trinajstić information content (AvgIpc) is 2.84. The molecule has 2 N–H and O–H groups in total. The molecule has 0 aromatic carbocycles. The van der Waals surface area contributed by atoms with Gasteiger partial charge in [-0.25, -0.2) is 0 Å². The lowest BCUT2D eigenvalue weighted by atomic mass is 9.82. The molecule has 2 unspecified atom stereocenters. The lowest BCUT2D eigenvalue weighted by Gasteiger charge is -2.24. The second-order valence-electron chi connectivity index (χ2n) is 4.74. The zero-order chi connectivity index (χ0) is 14.5. The molecule has 4 nitrogen and oxygen atoms in total. The third-order valence-electron chi connectivity index (χ3n) is 3.39. The Morgan fingerprint density at radius 3 is 2.60 bits per heavy atom. The zero-order valence-electron chi connectivity index (χ0n) is 10.8. The minimum atomic E-state index is -0.903. The van der Waals surface area contributed by atoms with Crippen LogP contribution < -0.4 is 5.32 Å². The summed E-state index contributed by atoms with van der Waals surface area (Å²) in [5.74, 6) is -2.16. The van der Waals surface area contributed by atoms with E-state index >= 15 is 0 Å². The number of allylic oxidation sites excluding steroid dienone is 2. The summed E-state index contributed by atoms with van der Waals surface area (Å²) in [4.78, 5) is 24.3. The van der Waals surface area contributed by atoms with Gasteiger partial charge in [0.1, 0.15) is 0 Å². The van der Waals surface area contributed by atoms with Gasteiger partial charge in [0.2, 0.25) is 5.91 Å². The van der Waals surface area contributed by atoms with Crippen LogP contribution in [0, 0.1) is 11.8 Å². The maximum absolute atomic E-state index is 12.1. The molecule has 0 fully saturated rings. The van der Waals surface area contributed by atoms with E-state index in [-0.39, 0.29) is 5.91 Å². The molecule has 1 aromatic rings. The van der Waals surface area contributed by atoms with Gasteiger partial charge in [0, 0.05) is 11.4 Å². The number of hydrogen-bond acceptors (Lipinski definition) is 3. The van der Waals surface area contributed by atoms with E-state index in [0.717, 1.165) is 9.21 Å². The van der Waals surface area contributed by atoms with Crippen molar-refractivity contribution in [1.29, 1.82) is 0 Å². The van der Waals surface area contributed by atoms with Crippen molar-refractivity contribution in [3.8, 4) is 0 Å². The Labute approximate surface area is 126 Å². The van der Waals surface area contributed by atoms with Gasteiger partial charge >= 0.3 is 5.97 Å². The molecule has 0 spiro atoms. The number of carboxylic acid groups (broad SMARTS) is 1. The van der Waals surface area contributed by atoms with Crippen molar-refractivity contribution in [3.63, 3.8) is 0 Å². The summed E-state index contributed by atoms with van der Waals surface area (Å²) in [5.41, 5.74) is 0. The molecule has 108 valence electrons. The van der Waals surface area contributed by atoms with Crippen molar-refractivity contribution >= 4 is 34.8 Å². The molecule has 2 rings (SSSR count). The molecule has 1 aliphatic carbocycles. The topological polar surface area (TPSA) is 66.4 Å². The van der Waals surface area contributed by atoms with Crippen LogP contribution in [0.3, 0.4) is 0 Å². The summed E-state index contributed by atoms with van der Waals surface area (Å²) in [6.07, 6.45) is 5.34. The predicted molar refractivity (Wildman–Crippen MR) is 79.0 cm³/mol. The Kier molecular flexibility index (Phi) is 5.20. The monoisotopic (exact) mass is 313 g/mol. The van der Waals surface area contributed by atoms with E-state index in [1.54, 1.807) is 0 Å². The van der Waals surface area contributed by atoms with Gasteiger partial charge in [0.05, 0.1) is 16.2 Å². The number of aliphatic carboxylic acids is 1. The van der Waals surface area contributed by atoms with Crippen LogP contribution in [0.2, 0.25) is 4.34 Å². The van der Waals surface area contributed by atoms with E-state index in [2.05, 4.69) is 5.32 Å². The molecule has 6 heteroatoms. The lowest BCUT2D eigenvalue weighted by molar-refractivity contribution is -0.147. The number of carboxylic acids is 1. The van der Waals surface area contributed by atoms with E-state index in [1.807, 2.05) is 24.3 Å². The first kappa shape index (κ1) is 15.1. The highest BCUT2D eigenvalue weighted by Gasteiger charge is 2.33. The summed E-state index contributed by atoms with van der Waals surface area (Å²) >= 11 is 7.33. The van der Waals surface area contributed by atoms with Crippen LogP contribution in [0.1, 0.15) is 17.7 Å². The molecular formula is C14H16ClNO3S. The number of rotatable bonds is 5. The highest BCUT2D eigenvalue weighted by molar-refractivity contribution is 7.16. The van der Waals surface area contributed by atoms with Crippen molar-refractivity contribution in [3.05, 3.63) is 33.5 Å². The molecule has 20 heavy (non-hydrogen) atoms. The van der Waals surface area contributed by atoms with Crippen LogP contribution in [-0.4, -0.2) is 23.5 Å². The third kappa shape index (κ3) is 3.84. The first-order valence-electron chi connectivity index (χ1n) is 6.47. The Morgan fingerprint density at radius 1 is 1.30 bits per heavy atom. The van der Waals surface area contributed by atoms with E-state index in [1.165, 1.54) is 11.3 Å². The Hall–Kier alpha value is -1.33. The molecule has 1 aromatic heterocycles. The fourth-order valence-electron chi connectivity index (χ4n) is 2.30. The van der Waals surface area contributed by atoms with Gasteiger partial charge < -0.3 is 10.4 Å². The first-order valence-corrected chi connectivity index (χ1v) is 7.67. The molecule has 1 amide bonds. The van der Waals surface area contributed by atoms with Crippen molar-refractivity contribution in [2.75, 3.05) is 6.54 Å². The van der Waals surface area contributed by atoms with Crippen LogP contribution in [-0.2, 0) is 16.0 Å². The van der Waals surface area contributed by atoms with Gasteiger partial charge in [-0.15, -0.1) is 11.3 Å². The standard InChI is InChI=1S/C14H16ClNO3S/c15-12-6-5-9(20-12)7-8-16-13(17)10-3-1-2-4-11(10)14(18)19/h1-2,5-6,10-11H,3-4,7-8H2,(H,16,17)(H,18,19). The molecule has 0 aliphatic heterocycles. The minimum Gasteiger partial charge on any atom is -0.481 e. The fourth-order valence-corrected chi connectivity index (χ4v) is 3.39. The lowest BCUT2D eigenvalue weighted by Crippen LogP contribution is -2.39.